The molecule has 0 saturated carbocycles. The van der Waals surface area contributed by atoms with Crippen LogP contribution in [0, 0.1) is 0 Å². The Bertz CT molecular complexity index is 293. The van der Waals surface area contributed by atoms with Crippen LogP contribution in [-0.2, 0) is 12.7 Å². The second kappa shape index (κ2) is 5.16. The normalized spacial score (nSPS) is 12.0. The van der Waals surface area contributed by atoms with Crippen LogP contribution < -0.4 is 5.32 Å². The number of nitrogens with zero attached hydrogens (tertiary/aromatic N) is 2. The van der Waals surface area contributed by atoms with E-state index in [9.17, 15) is 13.2 Å². The Morgan fingerprint density at radius 1 is 1.47 bits per heavy atom. The van der Waals surface area contributed by atoms with Crippen molar-refractivity contribution in [3.05, 3.63) is 18.0 Å². The Kier molecular flexibility index (Phi) is 4.14. The Labute approximate surface area is 86.3 Å². The maximum absolute atomic E-state index is 12.2. The molecule has 6 heteroatoms. The van der Waals surface area contributed by atoms with Crippen LogP contribution in [0.1, 0.15) is 19.0 Å². The van der Waals surface area contributed by atoms with Gasteiger partial charge < -0.3 is 5.32 Å². The third-order valence-corrected chi connectivity index (χ3v) is 1.92. The first kappa shape index (κ1) is 12.0. The fraction of sp³-hybridized carbons (Fsp3) is 0.667. The van der Waals surface area contributed by atoms with Crippen molar-refractivity contribution in [3.8, 4) is 0 Å². The molecule has 0 amide bonds. The largest absolute Gasteiger partial charge is 0.435 e. The highest BCUT2D eigenvalue weighted by molar-refractivity contribution is 5.03. The summed E-state index contributed by atoms with van der Waals surface area (Å²) in [6, 6.07) is 0.993. The number of aryl methyl sites for hydroxylation is 1. The molecule has 3 nitrogen and oxygen atoms in total. The molecule has 1 aromatic heterocycles. The van der Waals surface area contributed by atoms with Gasteiger partial charge in [-0.2, -0.15) is 18.3 Å². The Hall–Kier alpha value is -1.04. The van der Waals surface area contributed by atoms with Crippen molar-refractivity contribution in [1.82, 2.24) is 15.1 Å². The summed E-state index contributed by atoms with van der Waals surface area (Å²) >= 11 is 0. The van der Waals surface area contributed by atoms with Gasteiger partial charge in [-0.25, -0.2) is 0 Å². The van der Waals surface area contributed by atoms with Gasteiger partial charge in [0.05, 0.1) is 0 Å². The van der Waals surface area contributed by atoms with Gasteiger partial charge in [0.2, 0.25) is 0 Å². The summed E-state index contributed by atoms with van der Waals surface area (Å²) in [5.74, 6) is 0. The third-order valence-electron chi connectivity index (χ3n) is 1.92. The fourth-order valence-corrected chi connectivity index (χ4v) is 1.18. The lowest BCUT2D eigenvalue weighted by atomic mass is 10.4. The Balaban J connectivity index is 2.40. The highest BCUT2D eigenvalue weighted by Gasteiger charge is 2.33. The number of hydrogen-bond acceptors (Lipinski definition) is 2. The second-order valence-corrected chi connectivity index (χ2v) is 3.17. The topological polar surface area (TPSA) is 29.9 Å². The van der Waals surface area contributed by atoms with E-state index in [1.54, 1.807) is 0 Å². The van der Waals surface area contributed by atoms with Crippen molar-refractivity contribution in [2.24, 2.45) is 0 Å². The summed E-state index contributed by atoms with van der Waals surface area (Å²) in [7, 11) is 0. The van der Waals surface area contributed by atoms with Crippen LogP contribution in [-0.4, -0.2) is 22.9 Å². The number of alkyl halides is 3. The van der Waals surface area contributed by atoms with Gasteiger partial charge >= 0.3 is 6.18 Å². The maximum atomic E-state index is 12.2. The third kappa shape index (κ3) is 3.91. The van der Waals surface area contributed by atoms with Crippen molar-refractivity contribution in [2.45, 2.75) is 26.1 Å². The molecule has 0 aliphatic carbocycles. The molecule has 0 aliphatic rings. The number of rotatable bonds is 5. The Morgan fingerprint density at radius 3 is 2.73 bits per heavy atom. The standard InChI is InChI=1S/C9H14F3N3/c1-2-13-5-3-6-15-7-4-8(14-15)9(10,11)12/h4,7,13H,2-3,5-6H2,1H3. The number of halogens is 3. The molecule has 0 spiro atoms. The van der Waals surface area contributed by atoms with Crippen LogP contribution in [0.25, 0.3) is 0 Å². The first-order valence-electron chi connectivity index (χ1n) is 4.85. The minimum atomic E-state index is -4.34. The molecule has 86 valence electrons. The number of hydrogen-bond donors (Lipinski definition) is 1. The number of nitrogens with one attached hydrogen (secondary N) is 1. The molecule has 0 unspecified atom stereocenters. The van der Waals surface area contributed by atoms with Gasteiger partial charge in [0.1, 0.15) is 0 Å². The van der Waals surface area contributed by atoms with E-state index in [-0.39, 0.29) is 0 Å². The molecular formula is C9H14F3N3. The van der Waals surface area contributed by atoms with E-state index >= 15 is 0 Å². The van der Waals surface area contributed by atoms with Crippen LogP contribution in [0.3, 0.4) is 0 Å². The van der Waals surface area contributed by atoms with E-state index in [1.807, 2.05) is 6.92 Å². The molecule has 1 rings (SSSR count). The van der Waals surface area contributed by atoms with Crippen LogP contribution in [0.15, 0.2) is 12.3 Å². The van der Waals surface area contributed by atoms with Crippen molar-refractivity contribution in [2.75, 3.05) is 13.1 Å². The summed E-state index contributed by atoms with van der Waals surface area (Å²) in [5, 5.41) is 6.54. The van der Waals surface area contributed by atoms with Crippen molar-refractivity contribution < 1.29 is 13.2 Å². The molecule has 1 aromatic rings. The van der Waals surface area contributed by atoms with E-state index in [1.165, 1.54) is 10.9 Å². The summed E-state index contributed by atoms with van der Waals surface area (Å²) in [6.45, 7) is 4.14. The van der Waals surface area contributed by atoms with Crippen LogP contribution in [0.5, 0.6) is 0 Å². The van der Waals surface area contributed by atoms with E-state index < -0.39 is 11.9 Å². The summed E-state index contributed by atoms with van der Waals surface area (Å²) in [6.07, 6.45) is -2.21. The summed E-state index contributed by atoms with van der Waals surface area (Å²) in [4.78, 5) is 0. The lowest BCUT2D eigenvalue weighted by Gasteiger charge is -2.03. The molecule has 15 heavy (non-hydrogen) atoms. The molecule has 0 fully saturated rings. The lowest BCUT2D eigenvalue weighted by Crippen LogP contribution is -2.16. The second-order valence-electron chi connectivity index (χ2n) is 3.17. The molecule has 1 N–H and O–H groups in total. The molecule has 0 aliphatic heterocycles. The average Bonchev–Trinajstić information content (AvgIpc) is 2.60. The lowest BCUT2D eigenvalue weighted by molar-refractivity contribution is -0.141. The molecule has 0 bridgehead atoms. The first-order chi connectivity index (χ1) is 7.04. The molecule has 0 radical (unpaired) electrons. The summed E-state index contributed by atoms with van der Waals surface area (Å²) in [5.41, 5.74) is -0.828. The van der Waals surface area contributed by atoms with E-state index in [0.29, 0.717) is 6.54 Å². The van der Waals surface area contributed by atoms with E-state index in [4.69, 9.17) is 0 Å². The monoisotopic (exact) mass is 221 g/mol. The predicted molar refractivity (Wildman–Crippen MR) is 50.4 cm³/mol. The van der Waals surface area contributed by atoms with Gasteiger partial charge in [-0.3, -0.25) is 4.68 Å². The van der Waals surface area contributed by atoms with Gasteiger partial charge in [0.15, 0.2) is 5.69 Å². The van der Waals surface area contributed by atoms with Crippen molar-refractivity contribution in [1.29, 1.82) is 0 Å². The van der Waals surface area contributed by atoms with E-state index in [2.05, 4.69) is 10.4 Å². The molecule has 1 heterocycles. The minimum absolute atomic E-state index is 0.503. The average molecular weight is 221 g/mol. The van der Waals surface area contributed by atoms with Gasteiger partial charge in [-0.15, -0.1) is 0 Å². The quantitative estimate of drug-likeness (QED) is 0.769. The highest BCUT2D eigenvalue weighted by atomic mass is 19.4. The van der Waals surface area contributed by atoms with Crippen LogP contribution >= 0.6 is 0 Å². The molecule has 0 saturated heterocycles. The molecule has 0 atom stereocenters. The van der Waals surface area contributed by atoms with Gasteiger partial charge in [-0.05, 0) is 25.6 Å². The van der Waals surface area contributed by atoms with Crippen molar-refractivity contribution >= 4 is 0 Å². The fourth-order valence-electron chi connectivity index (χ4n) is 1.18. The van der Waals surface area contributed by atoms with Crippen LogP contribution in [0.4, 0.5) is 13.2 Å². The summed E-state index contributed by atoms with van der Waals surface area (Å²) < 4.78 is 37.8. The zero-order chi connectivity index (χ0) is 11.3. The highest BCUT2D eigenvalue weighted by Crippen LogP contribution is 2.27. The first-order valence-corrected chi connectivity index (χ1v) is 4.85. The maximum Gasteiger partial charge on any atom is 0.435 e. The zero-order valence-corrected chi connectivity index (χ0v) is 8.51. The smallest absolute Gasteiger partial charge is 0.317 e. The zero-order valence-electron chi connectivity index (χ0n) is 8.51. The predicted octanol–water partition coefficient (Wildman–Crippen LogP) is 1.90. The van der Waals surface area contributed by atoms with Gasteiger partial charge in [-0.1, -0.05) is 6.92 Å². The van der Waals surface area contributed by atoms with Crippen molar-refractivity contribution in [3.63, 3.8) is 0 Å². The SMILES string of the molecule is CCNCCCn1ccc(C(F)(F)F)n1. The van der Waals surface area contributed by atoms with Crippen LogP contribution in [0.2, 0.25) is 0 Å². The van der Waals surface area contributed by atoms with E-state index in [0.717, 1.165) is 25.6 Å². The minimum Gasteiger partial charge on any atom is -0.317 e. The molecular weight excluding hydrogens is 207 g/mol. The van der Waals surface area contributed by atoms with Gasteiger partial charge in [0.25, 0.3) is 0 Å². The molecule has 0 aromatic carbocycles. The van der Waals surface area contributed by atoms with Gasteiger partial charge in [0, 0.05) is 12.7 Å². The number of aromatic nitrogens is 2. The Morgan fingerprint density at radius 2 is 2.20 bits per heavy atom.